The molecule has 0 N–H and O–H groups in total. The molecule has 0 nitrogen and oxygen atoms in total. The first kappa shape index (κ1) is 11.5. The van der Waals surface area contributed by atoms with E-state index in [0.29, 0.717) is 0 Å². The van der Waals surface area contributed by atoms with E-state index in [1.165, 1.54) is 0 Å². The zero-order valence-electron chi connectivity index (χ0n) is 6.39. The molecule has 1 aliphatic carbocycles. The van der Waals surface area contributed by atoms with E-state index in [1.54, 1.807) is 0 Å². The van der Waals surface area contributed by atoms with Gasteiger partial charge < -0.3 is 0 Å². The topological polar surface area (TPSA) is 0 Å². The summed E-state index contributed by atoms with van der Waals surface area (Å²) in [5.74, 6) is -7.17. The van der Waals surface area contributed by atoms with Crippen molar-refractivity contribution in [1.29, 1.82) is 0 Å². The van der Waals surface area contributed by atoms with E-state index >= 15 is 0 Å². The van der Waals surface area contributed by atoms with Gasteiger partial charge in [-0.05, 0) is 12.8 Å². The third-order valence-corrected chi connectivity index (χ3v) is 3.65. The molecule has 1 aliphatic rings. The predicted octanol–water partition coefficient (Wildman–Crippen LogP) is 4.44. The average Bonchev–Trinajstić information content (AvgIpc) is 2.05. The Morgan fingerprint density at radius 2 is 1.69 bits per heavy atom. The molecular formula is C7H6Br2F4. The van der Waals surface area contributed by atoms with Crippen LogP contribution in [-0.4, -0.2) is 9.16 Å². The summed E-state index contributed by atoms with van der Waals surface area (Å²) in [5.41, 5.74) is 0. The largest absolute Gasteiger partial charge is 0.325 e. The number of halogens is 6. The standard InChI is InChI=1S/C7H6Br2F4/c8-6(9)3-1-2-4(10)5(11)7(6,12)13/h1-3H2. The highest BCUT2D eigenvalue weighted by Crippen LogP contribution is 2.52. The molecule has 0 aromatic carbocycles. The molecule has 0 saturated carbocycles. The Bertz CT molecular complexity index is 247. The van der Waals surface area contributed by atoms with E-state index in [2.05, 4.69) is 31.9 Å². The molecule has 0 heterocycles. The normalized spacial score (nSPS) is 27.2. The minimum absolute atomic E-state index is 0.0408. The molecule has 0 aromatic rings. The molecule has 0 atom stereocenters. The highest BCUT2D eigenvalue weighted by atomic mass is 79.9. The first-order valence-electron chi connectivity index (χ1n) is 3.59. The summed E-state index contributed by atoms with van der Waals surface area (Å²) in [6.07, 6.45) is -0.146. The van der Waals surface area contributed by atoms with Gasteiger partial charge in [-0.25, -0.2) is 8.78 Å². The molecule has 0 saturated heterocycles. The van der Waals surface area contributed by atoms with Crippen LogP contribution in [0.5, 0.6) is 0 Å². The Morgan fingerprint density at radius 3 is 2.23 bits per heavy atom. The van der Waals surface area contributed by atoms with Crippen LogP contribution in [0.25, 0.3) is 0 Å². The summed E-state index contributed by atoms with van der Waals surface area (Å²) in [4.78, 5) is 0. The lowest BCUT2D eigenvalue weighted by Gasteiger charge is -2.27. The van der Waals surface area contributed by atoms with E-state index in [4.69, 9.17) is 0 Å². The lowest BCUT2D eigenvalue weighted by atomic mass is 10.1. The van der Waals surface area contributed by atoms with Gasteiger partial charge in [0.15, 0.2) is 3.23 Å². The molecule has 0 unspecified atom stereocenters. The second-order valence-electron chi connectivity index (χ2n) is 2.85. The van der Waals surface area contributed by atoms with Crippen LogP contribution in [0.3, 0.4) is 0 Å². The number of rotatable bonds is 0. The SMILES string of the molecule is FC1=C(F)C(F)(F)C(Br)(Br)CCC1. The van der Waals surface area contributed by atoms with Crippen molar-refractivity contribution in [1.82, 2.24) is 0 Å². The average molecular weight is 326 g/mol. The zero-order valence-corrected chi connectivity index (χ0v) is 9.56. The van der Waals surface area contributed by atoms with Gasteiger partial charge in [-0.15, -0.1) is 0 Å². The molecule has 0 bridgehead atoms. The van der Waals surface area contributed by atoms with Gasteiger partial charge >= 0.3 is 5.92 Å². The Morgan fingerprint density at radius 1 is 1.15 bits per heavy atom. The molecule has 6 heteroatoms. The Kier molecular flexibility index (Phi) is 3.12. The lowest BCUT2D eigenvalue weighted by Crippen LogP contribution is -2.37. The number of allylic oxidation sites excluding steroid dienone is 2. The smallest absolute Gasteiger partial charge is 0.209 e. The van der Waals surface area contributed by atoms with Crippen molar-refractivity contribution in [2.45, 2.75) is 28.4 Å². The summed E-state index contributed by atoms with van der Waals surface area (Å²) in [7, 11) is 0. The highest BCUT2D eigenvalue weighted by Gasteiger charge is 2.56. The van der Waals surface area contributed by atoms with E-state index < -0.39 is 20.8 Å². The minimum atomic E-state index is -3.84. The predicted molar refractivity (Wildman–Crippen MR) is 48.6 cm³/mol. The Labute approximate surface area is 89.6 Å². The van der Waals surface area contributed by atoms with E-state index in [9.17, 15) is 17.6 Å². The third kappa shape index (κ3) is 1.93. The minimum Gasteiger partial charge on any atom is -0.209 e. The maximum absolute atomic E-state index is 13.1. The summed E-state index contributed by atoms with van der Waals surface area (Å²) < 4.78 is 49.8. The summed E-state index contributed by atoms with van der Waals surface area (Å²) in [6.45, 7) is 0. The monoisotopic (exact) mass is 324 g/mol. The Hall–Kier alpha value is 0.420. The van der Waals surface area contributed by atoms with Crippen LogP contribution in [0.2, 0.25) is 0 Å². The summed E-state index contributed by atoms with van der Waals surface area (Å²) >= 11 is 5.32. The summed E-state index contributed by atoms with van der Waals surface area (Å²) in [5, 5.41) is 0. The summed E-state index contributed by atoms with van der Waals surface area (Å²) in [6, 6.07) is 0. The zero-order chi connectivity index (χ0) is 10.3. The lowest BCUT2D eigenvalue weighted by molar-refractivity contribution is 0.00737. The molecule has 0 radical (unpaired) electrons. The molecule has 13 heavy (non-hydrogen) atoms. The molecule has 0 aliphatic heterocycles. The quantitative estimate of drug-likeness (QED) is 0.456. The van der Waals surface area contributed by atoms with Crippen molar-refractivity contribution in [3.8, 4) is 0 Å². The van der Waals surface area contributed by atoms with Crippen LogP contribution in [0.15, 0.2) is 11.7 Å². The number of hydrogen-bond donors (Lipinski definition) is 0. The molecular weight excluding hydrogens is 320 g/mol. The van der Waals surface area contributed by atoms with E-state index in [-0.39, 0.29) is 19.3 Å². The van der Waals surface area contributed by atoms with Crippen LogP contribution < -0.4 is 0 Å². The third-order valence-electron chi connectivity index (χ3n) is 1.86. The molecule has 1 rings (SSSR count). The van der Waals surface area contributed by atoms with Crippen molar-refractivity contribution in [3.05, 3.63) is 11.7 Å². The van der Waals surface area contributed by atoms with Crippen molar-refractivity contribution in [2.75, 3.05) is 0 Å². The van der Waals surface area contributed by atoms with Gasteiger partial charge in [0.25, 0.3) is 0 Å². The van der Waals surface area contributed by atoms with Gasteiger partial charge in [0.2, 0.25) is 5.83 Å². The second kappa shape index (κ2) is 3.53. The van der Waals surface area contributed by atoms with Gasteiger partial charge in [-0.3, -0.25) is 0 Å². The van der Waals surface area contributed by atoms with Crippen LogP contribution >= 0.6 is 31.9 Å². The fourth-order valence-corrected chi connectivity index (χ4v) is 1.97. The van der Waals surface area contributed by atoms with Gasteiger partial charge in [0, 0.05) is 6.42 Å². The van der Waals surface area contributed by atoms with Crippen LogP contribution in [-0.2, 0) is 0 Å². The molecule has 0 aromatic heterocycles. The Balaban J connectivity index is 3.13. The maximum Gasteiger partial charge on any atom is 0.325 e. The van der Waals surface area contributed by atoms with Crippen molar-refractivity contribution < 1.29 is 17.6 Å². The molecule has 0 spiro atoms. The number of alkyl halides is 4. The number of hydrogen-bond acceptors (Lipinski definition) is 0. The van der Waals surface area contributed by atoms with Gasteiger partial charge in [-0.1, -0.05) is 31.9 Å². The molecule has 76 valence electrons. The van der Waals surface area contributed by atoms with Crippen molar-refractivity contribution in [2.24, 2.45) is 0 Å². The molecule has 0 amide bonds. The van der Waals surface area contributed by atoms with Gasteiger partial charge in [0.05, 0.1) is 0 Å². The van der Waals surface area contributed by atoms with E-state index in [0.717, 1.165) is 0 Å². The molecule has 0 fully saturated rings. The first-order chi connectivity index (χ1) is 5.79. The fourth-order valence-electron chi connectivity index (χ4n) is 1.06. The van der Waals surface area contributed by atoms with Gasteiger partial charge in [0.1, 0.15) is 5.83 Å². The van der Waals surface area contributed by atoms with Crippen molar-refractivity contribution >= 4 is 31.9 Å². The highest BCUT2D eigenvalue weighted by molar-refractivity contribution is 9.25. The maximum atomic E-state index is 13.1. The second-order valence-corrected chi connectivity index (χ2v) is 6.62. The van der Waals surface area contributed by atoms with Gasteiger partial charge in [-0.2, -0.15) is 8.78 Å². The van der Waals surface area contributed by atoms with E-state index in [1.807, 2.05) is 0 Å². The van der Waals surface area contributed by atoms with Crippen LogP contribution in [0.1, 0.15) is 19.3 Å². The first-order valence-corrected chi connectivity index (χ1v) is 5.18. The van der Waals surface area contributed by atoms with Crippen LogP contribution in [0, 0.1) is 0 Å². The van der Waals surface area contributed by atoms with Crippen molar-refractivity contribution in [3.63, 3.8) is 0 Å². The fraction of sp³-hybridized carbons (Fsp3) is 0.714. The van der Waals surface area contributed by atoms with Crippen LogP contribution in [0.4, 0.5) is 17.6 Å².